The van der Waals surface area contributed by atoms with Crippen LogP contribution in [0.15, 0.2) is 0 Å². The number of nitrogens with one attached hydrogen (secondary N) is 1. The van der Waals surface area contributed by atoms with E-state index in [1.165, 1.54) is 21.6 Å². The molecule has 34 heavy (non-hydrogen) atoms. The Morgan fingerprint density at radius 3 is 2.35 bits per heavy atom. The molecule has 1 heterocycles. The van der Waals surface area contributed by atoms with Crippen LogP contribution in [0.2, 0.25) is 0 Å². The molecule has 2 unspecified atom stereocenters. The summed E-state index contributed by atoms with van der Waals surface area (Å²) in [5.41, 5.74) is 4.94. The predicted molar refractivity (Wildman–Crippen MR) is 134 cm³/mol. The van der Waals surface area contributed by atoms with Gasteiger partial charge in [-0.25, -0.2) is 0 Å². The Morgan fingerprint density at radius 1 is 1.18 bits per heavy atom. The first-order valence-corrected chi connectivity index (χ1v) is 13.1. The van der Waals surface area contributed by atoms with Crippen LogP contribution in [0.25, 0.3) is 0 Å². The standard InChI is InChI=1S/C24H42N4O5S/c1-16(2)18(29)14-17(22(32)26-12-11-25)27(6)20(30)10-8-7-9-13-34-19-15-21(31)28(23(19)33)24(3,4)5/h16-17,19H,7-15,25H2,1-6H3,(H,26,32). The number of hydrogen-bond donors (Lipinski definition) is 2. The summed E-state index contributed by atoms with van der Waals surface area (Å²) in [6, 6.07) is -0.846. The number of nitrogens with two attached hydrogens (primary N) is 1. The van der Waals surface area contributed by atoms with Crippen molar-refractivity contribution in [1.29, 1.82) is 0 Å². The number of rotatable bonds is 14. The lowest BCUT2D eigenvalue weighted by molar-refractivity contribution is -0.143. The molecule has 0 aromatic heterocycles. The van der Waals surface area contributed by atoms with Crippen LogP contribution in [-0.4, -0.2) is 81.9 Å². The molecule has 3 N–H and O–H groups in total. The summed E-state index contributed by atoms with van der Waals surface area (Å²) in [4.78, 5) is 64.8. The number of thioether (sulfide) groups is 1. The van der Waals surface area contributed by atoms with Crippen LogP contribution in [-0.2, 0) is 24.0 Å². The topological polar surface area (TPSA) is 130 Å². The highest BCUT2D eigenvalue weighted by molar-refractivity contribution is 8.00. The SMILES string of the molecule is CC(C)C(=O)CC(C(=O)NCCN)N(C)C(=O)CCCCCSC1CC(=O)N(C(C)(C)C)C1=O. The first-order valence-electron chi connectivity index (χ1n) is 12.1. The molecule has 2 atom stereocenters. The van der Waals surface area contributed by atoms with Crippen molar-refractivity contribution in [2.45, 2.75) is 90.0 Å². The summed E-state index contributed by atoms with van der Waals surface area (Å²) in [5, 5.41) is 2.35. The molecule has 1 aliphatic rings. The number of likely N-dealkylation sites (tertiary alicyclic amines) is 1. The average molecular weight is 499 g/mol. The van der Waals surface area contributed by atoms with Gasteiger partial charge >= 0.3 is 0 Å². The molecule has 0 saturated carbocycles. The first-order chi connectivity index (χ1) is 15.8. The maximum Gasteiger partial charge on any atom is 0.243 e. The number of carbonyl (C=O) groups is 5. The molecular weight excluding hydrogens is 456 g/mol. The summed E-state index contributed by atoms with van der Waals surface area (Å²) in [7, 11) is 1.56. The average Bonchev–Trinajstić information content (AvgIpc) is 3.04. The molecule has 0 bridgehead atoms. The van der Waals surface area contributed by atoms with Gasteiger partial charge in [-0.1, -0.05) is 20.3 Å². The van der Waals surface area contributed by atoms with Crippen LogP contribution in [0, 0.1) is 5.92 Å². The van der Waals surface area contributed by atoms with Crippen LogP contribution in [0.3, 0.4) is 0 Å². The zero-order valence-corrected chi connectivity index (χ0v) is 22.3. The van der Waals surface area contributed by atoms with Gasteiger partial charge in [-0.05, 0) is 39.4 Å². The van der Waals surface area contributed by atoms with Gasteiger partial charge in [0, 0.05) is 50.9 Å². The van der Waals surface area contributed by atoms with Crippen LogP contribution < -0.4 is 11.1 Å². The highest BCUT2D eigenvalue weighted by atomic mass is 32.2. The summed E-state index contributed by atoms with van der Waals surface area (Å²) >= 11 is 1.50. The first kappa shape index (κ1) is 30.1. The van der Waals surface area contributed by atoms with Gasteiger partial charge in [-0.15, -0.1) is 11.8 Å². The summed E-state index contributed by atoms with van der Waals surface area (Å²) in [6.45, 7) is 9.67. The Bertz CT molecular complexity index is 750. The Labute approximate surface area is 207 Å². The smallest absolute Gasteiger partial charge is 0.243 e. The van der Waals surface area contributed by atoms with Crippen molar-refractivity contribution in [3.63, 3.8) is 0 Å². The van der Waals surface area contributed by atoms with Gasteiger partial charge in [0.15, 0.2) is 0 Å². The minimum absolute atomic E-state index is 0.0212. The number of nitrogens with zero attached hydrogens (tertiary/aromatic N) is 2. The van der Waals surface area contributed by atoms with E-state index < -0.39 is 11.6 Å². The lowest BCUT2D eigenvalue weighted by Gasteiger charge is -2.30. The second-order valence-electron chi connectivity index (χ2n) is 10.0. The molecule has 0 aromatic rings. The van der Waals surface area contributed by atoms with Crippen molar-refractivity contribution in [3.05, 3.63) is 0 Å². The van der Waals surface area contributed by atoms with E-state index in [0.717, 1.165) is 18.6 Å². The highest BCUT2D eigenvalue weighted by Crippen LogP contribution is 2.31. The van der Waals surface area contributed by atoms with E-state index in [2.05, 4.69) is 5.32 Å². The number of ketones is 1. The Kier molecular flexibility index (Phi) is 12.2. The molecular formula is C24H42N4O5S. The molecule has 10 heteroatoms. The fourth-order valence-electron chi connectivity index (χ4n) is 3.71. The van der Waals surface area contributed by atoms with E-state index in [1.807, 2.05) is 20.8 Å². The van der Waals surface area contributed by atoms with Gasteiger partial charge in [0.05, 0.1) is 5.25 Å². The van der Waals surface area contributed by atoms with E-state index in [-0.39, 0.29) is 72.9 Å². The van der Waals surface area contributed by atoms with Crippen molar-refractivity contribution in [2.24, 2.45) is 11.7 Å². The number of imide groups is 1. The lowest BCUT2D eigenvalue weighted by Crippen LogP contribution is -2.49. The molecule has 1 fully saturated rings. The molecule has 1 aliphatic heterocycles. The molecule has 4 amide bonds. The zero-order chi connectivity index (χ0) is 26.1. The number of amides is 4. The monoisotopic (exact) mass is 498 g/mol. The summed E-state index contributed by atoms with van der Waals surface area (Å²) in [6.07, 6.45) is 2.75. The highest BCUT2D eigenvalue weighted by Gasteiger charge is 2.44. The van der Waals surface area contributed by atoms with E-state index >= 15 is 0 Å². The minimum Gasteiger partial charge on any atom is -0.353 e. The second-order valence-corrected chi connectivity index (χ2v) is 11.3. The van der Waals surface area contributed by atoms with Gasteiger partial charge in [-0.3, -0.25) is 28.9 Å². The lowest BCUT2D eigenvalue weighted by atomic mass is 9.99. The fraction of sp³-hybridized carbons (Fsp3) is 0.792. The largest absolute Gasteiger partial charge is 0.353 e. The number of carbonyl (C=O) groups excluding carboxylic acids is 5. The second kappa shape index (κ2) is 13.8. The Morgan fingerprint density at radius 2 is 1.82 bits per heavy atom. The van der Waals surface area contributed by atoms with Gasteiger partial charge < -0.3 is 16.0 Å². The van der Waals surface area contributed by atoms with Crippen LogP contribution in [0.1, 0.15) is 73.1 Å². The molecule has 0 aromatic carbocycles. The summed E-state index contributed by atoms with van der Waals surface area (Å²) < 4.78 is 0. The zero-order valence-electron chi connectivity index (χ0n) is 21.5. The molecule has 0 radical (unpaired) electrons. The van der Waals surface area contributed by atoms with Crippen LogP contribution in [0.5, 0.6) is 0 Å². The van der Waals surface area contributed by atoms with Gasteiger partial charge in [0.25, 0.3) is 0 Å². The van der Waals surface area contributed by atoms with Crippen molar-refractivity contribution in [2.75, 3.05) is 25.9 Å². The third kappa shape index (κ3) is 9.02. The van der Waals surface area contributed by atoms with Crippen molar-refractivity contribution in [3.8, 4) is 0 Å². The molecule has 1 rings (SSSR count). The molecule has 0 aliphatic carbocycles. The molecule has 1 saturated heterocycles. The molecule has 9 nitrogen and oxygen atoms in total. The third-order valence-electron chi connectivity index (χ3n) is 5.78. The Balaban J connectivity index is 2.46. The van der Waals surface area contributed by atoms with Gasteiger partial charge in [-0.2, -0.15) is 0 Å². The third-order valence-corrected chi connectivity index (χ3v) is 7.07. The normalized spacial score (nSPS) is 17.3. The van der Waals surface area contributed by atoms with Gasteiger partial charge in [0.2, 0.25) is 23.6 Å². The molecule has 194 valence electrons. The molecule has 0 spiro atoms. The number of hydrogen-bond acceptors (Lipinski definition) is 7. The summed E-state index contributed by atoms with van der Waals surface area (Å²) in [5.74, 6) is -0.350. The maximum absolute atomic E-state index is 12.7. The maximum atomic E-state index is 12.7. The minimum atomic E-state index is -0.846. The van der Waals surface area contributed by atoms with Crippen LogP contribution in [0.4, 0.5) is 0 Å². The van der Waals surface area contributed by atoms with Gasteiger partial charge in [0.1, 0.15) is 11.8 Å². The quantitative estimate of drug-likeness (QED) is 0.275. The van der Waals surface area contributed by atoms with Crippen molar-refractivity contribution < 1.29 is 24.0 Å². The van der Waals surface area contributed by atoms with Crippen molar-refractivity contribution >= 4 is 41.2 Å². The van der Waals surface area contributed by atoms with E-state index in [1.54, 1.807) is 20.9 Å². The van der Waals surface area contributed by atoms with E-state index in [9.17, 15) is 24.0 Å². The number of unbranched alkanes of at least 4 members (excludes halogenated alkanes) is 2. The van der Waals surface area contributed by atoms with E-state index in [0.29, 0.717) is 6.42 Å². The predicted octanol–water partition coefficient (Wildman–Crippen LogP) is 1.72. The fourth-order valence-corrected chi connectivity index (χ4v) is 4.88. The van der Waals surface area contributed by atoms with Crippen LogP contribution >= 0.6 is 11.8 Å². The van der Waals surface area contributed by atoms with Crippen molar-refractivity contribution in [1.82, 2.24) is 15.1 Å². The van der Waals surface area contributed by atoms with E-state index in [4.69, 9.17) is 5.73 Å². The number of likely N-dealkylation sites (N-methyl/N-ethyl adjacent to an activating group) is 1. The Hall–Kier alpha value is -1.94. The number of Topliss-reactive ketones (excluding diaryl/α,β-unsaturated/α-hetero) is 1.